The molecule has 0 amide bonds. The summed E-state index contributed by atoms with van der Waals surface area (Å²) in [6.07, 6.45) is 0.257. The molecule has 8 heteroatoms. The van der Waals surface area contributed by atoms with Crippen molar-refractivity contribution in [3.63, 3.8) is 0 Å². The lowest BCUT2D eigenvalue weighted by Gasteiger charge is -2.33. The first-order chi connectivity index (χ1) is 9.27. The molecule has 0 saturated carbocycles. The molecule has 1 aromatic heterocycles. The number of carboxylic acid groups (broad SMARTS) is 1. The molecule has 0 bridgehead atoms. The average molecular weight is 319 g/mol. The van der Waals surface area contributed by atoms with Crippen LogP contribution in [-0.2, 0) is 19.6 Å². The van der Waals surface area contributed by atoms with Crippen molar-refractivity contribution < 1.29 is 23.1 Å². The minimum atomic E-state index is -3.85. The van der Waals surface area contributed by atoms with Gasteiger partial charge in [0.25, 0.3) is 0 Å². The second-order valence-electron chi connectivity index (χ2n) is 4.88. The van der Waals surface area contributed by atoms with Crippen molar-refractivity contribution >= 4 is 27.3 Å². The van der Waals surface area contributed by atoms with E-state index in [1.807, 2.05) is 6.92 Å². The molecule has 20 heavy (non-hydrogen) atoms. The van der Waals surface area contributed by atoms with Gasteiger partial charge in [-0.2, -0.15) is 4.72 Å². The van der Waals surface area contributed by atoms with Gasteiger partial charge in [0, 0.05) is 35.8 Å². The van der Waals surface area contributed by atoms with Crippen molar-refractivity contribution in [2.45, 2.75) is 37.1 Å². The van der Waals surface area contributed by atoms with Crippen LogP contribution in [0.25, 0.3) is 0 Å². The molecule has 0 unspecified atom stereocenters. The number of aliphatic carboxylic acids is 1. The first-order valence-electron chi connectivity index (χ1n) is 6.19. The summed E-state index contributed by atoms with van der Waals surface area (Å²) < 4.78 is 32.4. The summed E-state index contributed by atoms with van der Waals surface area (Å²) in [7, 11) is -3.85. The molecule has 1 aliphatic heterocycles. The summed E-state index contributed by atoms with van der Waals surface area (Å²) >= 11 is 1.37. The standard InChI is InChI=1S/C12H17NO5S2/c1-8-7-10(9(2)19-8)20(16,17)13-12(11(14)15)3-5-18-6-4-12/h7,13H,3-6H2,1-2H3,(H,14,15). The predicted octanol–water partition coefficient (Wildman–Crippen LogP) is 1.28. The molecule has 0 aromatic carbocycles. The third kappa shape index (κ3) is 2.88. The third-order valence-electron chi connectivity index (χ3n) is 3.37. The topological polar surface area (TPSA) is 92.7 Å². The van der Waals surface area contributed by atoms with E-state index in [4.69, 9.17) is 4.74 Å². The van der Waals surface area contributed by atoms with Crippen LogP contribution in [0, 0.1) is 13.8 Å². The number of carbonyl (C=O) groups is 1. The highest BCUT2D eigenvalue weighted by Gasteiger charge is 2.44. The largest absolute Gasteiger partial charge is 0.480 e. The van der Waals surface area contributed by atoms with Gasteiger partial charge >= 0.3 is 5.97 Å². The van der Waals surface area contributed by atoms with Crippen molar-refractivity contribution in [2.24, 2.45) is 0 Å². The van der Waals surface area contributed by atoms with Gasteiger partial charge in [0.05, 0.1) is 4.90 Å². The Morgan fingerprint density at radius 3 is 2.45 bits per heavy atom. The molecule has 1 saturated heterocycles. The van der Waals surface area contributed by atoms with Crippen LogP contribution in [0.4, 0.5) is 0 Å². The summed E-state index contributed by atoms with van der Waals surface area (Å²) in [6.45, 7) is 3.99. The van der Waals surface area contributed by atoms with Crippen molar-refractivity contribution in [2.75, 3.05) is 13.2 Å². The highest BCUT2D eigenvalue weighted by molar-refractivity contribution is 7.89. The summed E-state index contributed by atoms with van der Waals surface area (Å²) in [5, 5.41) is 9.39. The minimum Gasteiger partial charge on any atom is -0.480 e. The van der Waals surface area contributed by atoms with E-state index in [2.05, 4.69) is 4.72 Å². The molecule has 0 aliphatic carbocycles. The Kier molecular flexibility index (Phi) is 4.19. The van der Waals surface area contributed by atoms with E-state index in [1.54, 1.807) is 13.0 Å². The predicted molar refractivity (Wildman–Crippen MR) is 74.5 cm³/mol. The molecule has 2 N–H and O–H groups in total. The van der Waals surface area contributed by atoms with Gasteiger partial charge in [-0.15, -0.1) is 11.3 Å². The fourth-order valence-electron chi connectivity index (χ4n) is 2.27. The van der Waals surface area contributed by atoms with Crippen LogP contribution in [0.15, 0.2) is 11.0 Å². The van der Waals surface area contributed by atoms with Crippen LogP contribution < -0.4 is 4.72 Å². The van der Waals surface area contributed by atoms with E-state index >= 15 is 0 Å². The van der Waals surface area contributed by atoms with Crippen LogP contribution in [0.3, 0.4) is 0 Å². The zero-order valence-corrected chi connectivity index (χ0v) is 12.9. The number of ether oxygens (including phenoxy) is 1. The van der Waals surface area contributed by atoms with Crippen LogP contribution in [0.2, 0.25) is 0 Å². The van der Waals surface area contributed by atoms with E-state index in [0.29, 0.717) is 4.88 Å². The molecular weight excluding hydrogens is 302 g/mol. The lowest BCUT2D eigenvalue weighted by Crippen LogP contribution is -2.57. The number of carboxylic acids is 1. The Morgan fingerprint density at radius 2 is 2.00 bits per heavy atom. The molecule has 0 spiro atoms. The van der Waals surface area contributed by atoms with Gasteiger partial charge in [0.2, 0.25) is 10.0 Å². The Labute approximate surface area is 121 Å². The monoisotopic (exact) mass is 319 g/mol. The van der Waals surface area contributed by atoms with E-state index in [-0.39, 0.29) is 31.0 Å². The van der Waals surface area contributed by atoms with Crippen LogP contribution in [0.5, 0.6) is 0 Å². The maximum atomic E-state index is 12.4. The SMILES string of the molecule is Cc1cc(S(=O)(=O)NC2(C(=O)O)CCOCC2)c(C)s1. The average Bonchev–Trinajstić information content (AvgIpc) is 2.70. The number of hydrogen-bond donors (Lipinski definition) is 2. The zero-order chi connectivity index (χ0) is 15.0. The highest BCUT2D eigenvalue weighted by atomic mass is 32.2. The highest BCUT2D eigenvalue weighted by Crippen LogP contribution is 2.28. The van der Waals surface area contributed by atoms with Crippen molar-refractivity contribution in [3.05, 3.63) is 15.8 Å². The number of nitrogens with one attached hydrogen (secondary N) is 1. The van der Waals surface area contributed by atoms with Crippen molar-refractivity contribution in [3.8, 4) is 0 Å². The molecular formula is C12H17NO5S2. The van der Waals surface area contributed by atoms with Crippen LogP contribution in [0.1, 0.15) is 22.6 Å². The van der Waals surface area contributed by atoms with E-state index in [9.17, 15) is 18.3 Å². The van der Waals surface area contributed by atoms with E-state index < -0.39 is 21.5 Å². The second-order valence-corrected chi connectivity index (χ2v) is 7.99. The summed E-state index contributed by atoms with van der Waals surface area (Å²) in [5.41, 5.74) is -1.47. The minimum absolute atomic E-state index is 0.129. The fraction of sp³-hybridized carbons (Fsp3) is 0.583. The van der Waals surface area contributed by atoms with Gasteiger partial charge in [-0.1, -0.05) is 0 Å². The molecule has 0 atom stereocenters. The molecule has 6 nitrogen and oxygen atoms in total. The Hall–Kier alpha value is -0.960. The van der Waals surface area contributed by atoms with Crippen LogP contribution >= 0.6 is 11.3 Å². The smallest absolute Gasteiger partial charge is 0.325 e. The Bertz CT molecular complexity index is 614. The molecule has 2 heterocycles. The van der Waals surface area contributed by atoms with Crippen molar-refractivity contribution in [1.29, 1.82) is 0 Å². The fourth-order valence-corrected chi connectivity index (χ4v) is 5.24. The van der Waals surface area contributed by atoms with Gasteiger partial charge in [-0.25, -0.2) is 8.42 Å². The molecule has 2 rings (SSSR count). The second kappa shape index (κ2) is 5.44. The van der Waals surface area contributed by atoms with Gasteiger partial charge < -0.3 is 9.84 Å². The Morgan fingerprint density at radius 1 is 1.40 bits per heavy atom. The van der Waals surface area contributed by atoms with Crippen molar-refractivity contribution in [1.82, 2.24) is 4.72 Å². The number of thiophene rings is 1. The quantitative estimate of drug-likeness (QED) is 0.872. The molecule has 1 fully saturated rings. The van der Waals surface area contributed by atoms with Gasteiger partial charge in [0.1, 0.15) is 5.54 Å². The molecule has 1 aliphatic rings. The molecule has 1 aromatic rings. The first kappa shape index (κ1) is 15.4. The zero-order valence-electron chi connectivity index (χ0n) is 11.3. The maximum Gasteiger partial charge on any atom is 0.325 e. The van der Waals surface area contributed by atoms with E-state index in [1.165, 1.54) is 11.3 Å². The third-order valence-corrected chi connectivity index (χ3v) is 6.13. The normalized spacial score (nSPS) is 18.9. The van der Waals surface area contributed by atoms with Crippen LogP contribution in [-0.4, -0.2) is 38.2 Å². The molecule has 112 valence electrons. The first-order valence-corrected chi connectivity index (χ1v) is 8.49. The number of hydrogen-bond acceptors (Lipinski definition) is 5. The lowest BCUT2D eigenvalue weighted by atomic mass is 9.92. The number of sulfonamides is 1. The van der Waals surface area contributed by atoms with Gasteiger partial charge in [-0.05, 0) is 19.9 Å². The van der Waals surface area contributed by atoms with E-state index in [0.717, 1.165) is 4.88 Å². The molecule has 0 radical (unpaired) electrons. The van der Waals surface area contributed by atoms with Gasteiger partial charge in [0.15, 0.2) is 0 Å². The summed E-state index contributed by atoms with van der Waals surface area (Å²) in [6, 6.07) is 1.57. The van der Waals surface area contributed by atoms with Gasteiger partial charge in [-0.3, -0.25) is 4.79 Å². The lowest BCUT2D eigenvalue weighted by molar-refractivity contribution is -0.147. The summed E-state index contributed by atoms with van der Waals surface area (Å²) in [4.78, 5) is 13.2. The Balaban J connectivity index is 2.35. The summed E-state index contributed by atoms with van der Waals surface area (Å²) in [5.74, 6) is -1.16. The maximum absolute atomic E-state index is 12.4. The number of aryl methyl sites for hydroxylation is 2. The number of rotatable bonds is 4.